The summed E-state index contributed by atoms with van der Waals surface area (Å²) in [5.74, 6) is 0.204. The maximum atomic E-state index is 13.3. The fourth-order valence-electron chi connectivity index (χ4n) is 2.33. The highest BCUT2D eigenvalue weighted by Gasteiger charge is 2.54. The zero-order valence-corrected chi connectivity index (χ0v) is 11.4. The molecule has 0 aliphatic carbocycles. The van der Waals surface area contributed by atoms with Gasteiger partial charge >= 0.3 is 6.18 Å². The van der Waals surface area contributed by atoms with E-state index in [-0.39, 0.29) is 50.9 Å². The first-order valence-corrected chi connectivity index (χ1v) is 6.56. The molecule has 2 rings (SSSR count). The molecular weight excluding hydrogens is 287 g/mol. The molecule has 0 unspecified atom stereocenters. The second-order valence-corrected chi connectivity index (χ2v) is 5.13. The molecule has 0 atom stereocenters. The van der Waals surface area contributed by atoms with Gasteiger partial charge in [-0.25, -0.2) is 4.98 Å². The molecule has 1 saturated heterocycles. The van der Waals surface area contributed by atoms with E-state index < -0.39 is 11.6 Å². The molecule has 0 spiro atoms. The lowest BCUT2D eigenvalue weighted by Gasteiger charge is -2.38. The molecule has 1 aliphatic heterocycles. The minimum Gasteiger partial charge on any atom is -0.383 e. The van der Waals surface area contributed by atoms with Crippen LogP contribution in [0, 0.1) is 5.41 Å². The van der Waals surface area contributed by atoms with Crippen molar-refractivity contribution >= 4 is 11.8 Å². The number of hydrogen-bond donors (Lipinski definition) is 3. The molecule has 6 nitrogen and oxygen atoms in total. The van der Waals surface area contributed by atoms with E-state index in [4.69, 9.17) is 16.2 Å². The average Bonchev–Trinajstić information content (AvgIpc) is 2.41. The van der Waals surface area contributed by atoms with Crippen LogP contribution in [0.2, 0.25) is 0 Å². The summed E-state index contributed by atoms with van der Waals surface area (Å²) >= 11 is 0. The van der Waals surface area contributed by atoms with Crippen LogP contribution in [0.4, 0.5) is 24.9 Å². The summed E-state index contributed by atoms with van der Waals surface area (Å²) in [6.45, 7) is 0.205. The molecule has 0 amide bonds. The van der Waals surface area contributed by atoms with Gasteiger partial charge < -0.3 is 21.5 Å². The molecule has 0 radical (unpaired) electrons. The molecule has 1 fully saturated rings. The number of alkyl halides is 3. The van der Waals surface area contributed by atoms with E-state index in [1.807, 2.05) is 0 Å². The van der Waals surface area contributed by atoms with E-state index in [0.29, 0.717) is 5.56 Å². The number of ether oxygens (including phenoxy) is 1. The summed E-state index contributed by atoms with van der Waals surface area (Å²) in [6, 6.07) is 0. The van der Waals surface area contributed by atoms with Crippen LogP contribution in [0.1, 0.15) is 18.4 Å². The average molecular weight is 305 g/mol. The van der Waals surface area contributed by atoms with E-state index in [1.54, 1.807) is 0 Å². The summed E-state index contributed by atoms with van der Waals surface area (Å²) in [4.78, 5) is 7.54. The normalized spacial score (nSPS) is 18.6. The quantitative estimate of drug-likeness (QED) is 0.770. The Bertz CT molecular complexity index is 488. The van der Waals surface area contributed by atoms with Crippen molar-refractivity contribution in [2.24, 2.45) is 5.41 Å². The molecule has 1 aromatic heterocycles. The fourth-order valence-corrected chi connectivity index (χ4v) is 2.33. The predicted molar refractivity (Wildman–Crippen MR) is 71.1 cm³/mol. The Kier molecular flexibility index (Phi) is 4.52. The standard InChI is InChI=1S/C12H18F3N5O/c13-12(14,15)11(1-3-21-4-2-11)7-18-5-8-6-19-10(17)20-9(8)16/h6,18H,1-5,7H2,(H4,16,17,19,20). The second kappa shape index (κ2) is 6.02. The number of hydrogen-bond acceptors (Lipinski definition) is 6. The molecule has 0 bridgehead atoms. The zero-order chi connectivity index (χ0) is 15.5. The Morgan fingerprint density at radius 2 is 1.95 bits per heavy atom. The van der Waals surface area contributed by atoms with Gasteiger partial charge in [0.2, 0.25) is 5.95 Å². The first-order chi connectivity index (χ1) is 9.84. The van der Waals surface area contributed by atoms with Crippen LogP contribution >= 0.6 is 0 Å². The molecule has 118 valence electrons. The second-order valence-electron chi connectivity index (χ2n) is 5.13. The van der Waals surface area contributed by atoms with E-state index in [2.05, 4.69) is 15.3 Å². The molecule has 0 aromatic carbocycles. The van der Waals surface area contributed by atoms with E-state index in [0.717, 1.165) is 0 Å². The summed E-state index contributed by atoms with van der Waals surface area (Å²) in [7, 11) is 0. The van der Waals surface area contributed by atoms with Crippen molar-refractivity contribution in [1.29, 1.82) is 0 Å². The Hall–Kier alpha value is -1.61. The topological polar surface area (TPSA) is 99.1 Å². The van der Waals surface area contributed by atoms with E-state index in [9.17, 15) is 13.2 Å². The number of nitrogens with two attached hydrogens (primary N) is 2. The van der Waals surface area contributed by atoms with Gasteiger partial charge in [0.05, 0.1) is 5.41 Å². The Morgan fingerprint density at radius 1 is 1.29 bits per heavy atom. The molecule has 9 heteroatoms. The third kappa shape index (κ3) is 3.53. The van der Waals surface area contributed by atoms with Crippen LogP contribution in [0.5, 0.6) is 0 Å². The first kappa shape index (κ1) is 15.8. The van der Waals surface area contributed by atoms with Crippen molar-refractivity contribution in [3.63, 3.8) is 0 Å². The van der Waals surface area contributed by atoms with Gasteiger partial charge in [-0.2, -0.15) is 18.2 Å². The van der Waals surface area contributed by atoms with Crippen LogP contribution in [0.3, 0.4) is 0 Å². The minimum absolute atomic E-state index is 0.0347. The van der Waals surface area contributed by atoms with Crippen LogP contribution in [-0.4, -0.2) is 35.9 Å². The Labute approximate surface area is 120 Å². The summed E-state index contributed by atoms with van der Waals surface area (Å²) < 4.78 is 44.9. The molecule has 2 heterocycles. The highest BCUT2D eigenvalue weighted by atomic mass is 19.4. The smallest absolute Gasteiger partial charge is 0.383 e. The number of rotatable bonds is 4. The van der Waals surface area contributed by atoms with Crippen LogP contribution in [0.25, 0.3) is 0 Å². The monoisotopic (exact) mass is 305 g/mol. The van der Waals surface area contributed by atoms with Crippen LogP contribution in [-0.2, 0) is 11.3 Å². The molecule has 0 saturated carbocycles. The van der Waals surface area contributed by atoms with Gasteiger partial charge in [-0.1, -0.05) is 0 Å². The Morgan fingerprint density at radius 3 is 2.52 bits per heavy atom. The highest BCUT2D eigenvalue weighted by Crippen LogP contribution is 2.45. The van der Waals surface area contributed by atoms with Gasteiger partial charge in [0.15, 0.2) is 0 Å². The van der Waals surface area contributed by atoms with Crippen molar-refractivity contribution in [2.45, 2.75) is 25.6 Å². The number of halogens is 3. The number of aromatic nitrogens is 2. The van der Waals surface area contributed by atoms with Gasteiger partial charge in [0.1, 0.15) is 5.82 Å². The van der Waals surface area contributed by atoms with Crippen LogP contribution < -0.4 is 16.8 Å². The molecule has 5 N–H and O–H groups in total. The van der Waals surface area contributed by atoms with Crippen molar-refractivity contribution in [2.75, 3.05) is 31.2 Å². The lowest BCUT2D eigenvalue weighted by atomic mass is 9.79. The maximum absolute atomic E-state index is 13.3. The van der Waals surface area contributed by atoms with E-state index in [1.165, 1.54) is 6.20 Å². The van der Waals surface area contributed by atoms with Crippen LogP contribution in [0.15, 0.2) is 6.20 Å². The number of nitrogen functional groups attached to an aromatic ring is 2. The third-order valence-corrected chi connectivity index (χ3v) is 3.75. The van der Waals surface area contributed by atoms with Crippen molar-refractivity contribution in [3.8, 4) is 0 Å². The van der Waals surface area contributed by atoms with E-state index >= 15 is 0 Å². The molecule has 21 heavy (non-hydrogen) atoms. The van der Waals surface area contributed by atoms with Crippen molar-refractivity contribution in [3.05, 3.63) is 11.8 Å². The van der Waals surface area contributed by atoms with Gasteiger partial charge in [0.25, 0.3) is 0 Å². The maximum Gasteiger partial charge on any atom is 0.395 e. The van der Waals surface area contributed by atoms with Crippen molar-refractivity contribution in [1.82, 2.24) is 15.3 Å². The minimum atomic E-state index is -4.27. The lowest BCUT2D eigenvalue weighted by Crippen LogP contribution is -2.49. The number of anilines is 2. The van der Waals surface area contributed by atoms with Gasteiger partial charge in [-0.3, -0.25) is 0 Å². The van der Waals surface area contributed by atoms with Crippen molar-refractivity contribution < 1.29 is 17.9 Å². The number of nitrogens with one attached hydrogen (secondary N) is 1. The zero-order valence-electron chi connectivity index (χ0n) is 11.4. The Balaban J connectivity index is 1.99. The van der Waals surface area contributed by atoms with Gasteiger partial charge in [0, 0.05) is 38.1 Å². The summed E-state index contributed by atoms with van der Waals surface area (Å²) in [5.41, 5.74) is 9.78. The third-order valence-electron chi connectivity index (χ3n) is 3.75. The molecule has 1 aliphatic rings. The molecular formula is C12H18F3N5O. The number of nitrogens with zero attached hydrogens (tertiary/aromatic N) is 2. The predicted octanol–water partition coefficient (Wildman–Crippen LogP) is 1.09. The summed E-state index contributed by atoms with van der Waals surface area (Å²) in [5, 5.41) is 2.80. The first-order valence-electron chi connectivity index (χ1n) is 6.56. The molecule has 1 aromatic rings. The highest BCUT2D eigenvalue weighted by molar-refractivity contribution is 5.41. The van der Waals surface area contributed by atoms with Gasteiger partial charge in [-0.15, -0.1) is 0 Å². The SMILES string of the molecule is Nc1ncc(CNCC2(C(F)(F)F)CCOCC2)c(N)n1. The largest absolute Gasteiger partial charge is 0.395 e. The lowest BCUT2D eigenvalue weighted by molar-refractivity contribution is -0.244. The fraction of sp³-hybridized carbons (Fsp3) is 0.667. The van der Waals surface area contributed by atoms with Gasteiger partial charge in [-0.05, 0) is 12.8 Å². The summed E-state index contributed by atoms with van der Waals surface area (Å²) in [6.07, 6.45) is -2.95.